The molecule has 1 unspecified atom stereocenters. The lowest BCUT2D eigenvalue weighted by Crippen LogP contribution is -2.22. The van der Waals surface area contributed by atoms with Gasteiger partial charge >= 0.3 is 0 Å². The monoisotopic (exact) mass is 240 g/mol. The van der Waals surface area contributed by atoms with E-state index >= 15 is 0 Å². The molecule has 1 aliphatic heterocycles. The molecule has 4 heteroatoms. The van der Waals surface area contributed by atoms with Crippen LogP contribution >= 0.6 is 11.6 Å². The second-order valence-corrected chi connectivity index (χ2v) is 4.69. The van der Waals surface area contributed by atoms with E-state index < -0.39 is 0 Å². The summed E-state index contributed by atoms with van der Waals surface area (Å²) in [5, 5.41) is 4.10. The Labute approximate surface area is 101 Å². The van der Waals surface area contributed by atoms with E-state index in [4.69, 9.17) is 22.1 Å². The van der Waals surface area contributed by atoms with Crippen LogP contribution in [0.15, 0.2) is 18.2 Å². The zero-order chi connectivity index (χ0) is 11.4. The lowest BCUT2D eigenvalue weighted by atomic mass is 10.1. The summed E-state index contributed by atoms with van der Waals surface area (Å²) in [5.41, 5.74) is 7.57. The summed E-state index contributed by atoms with van der Waals surface area (Å²) in [4.78, 5) is 0. The normalized spacial score (nSPS) is 20.2. The van der Waals surface area contributed by atoms with E-state index in [-0.39, 0.29) is 0 Å². The fourth-order valence-electron chi connectivity index (χ4n) is 1.94. The number of ether oxygens (including phenoxy) is 1. The average Bonchev–Trinajstić information content (AvgIpc) is 2.69. The molecule has 0 radical (unpaired) electrons. The Bertz CT molecular complexity index is 331. The van der Waals surface area contributed by atoms with Gasteiger partial charge in [0, 0.05) is 30.4 Å². The molecule has 1 fully saturated rings. The first-order chi connectivity index (χ1) is 7.74. The Morgan fingerprint density at radius 2 is 2.31 bits per heavy atom. The predicted molar refractivity (Wildman–Crippen MR) is 66.5 cm³/mol. The van der Waals surface area contributed by atoms with Gasteiger partial charge in [-0.05, 0) is 36.1 Å². The van der Waals surface area contributed by atoms with Crippen LogP contribution < -0.4 is 11.1 Å². The van der Waals surface area contributed by atoms with Crippen LogP contribution in [-0.4, -0.2) is 19.8 Å². The van der Waals surface area contributed by atoms with Gasteiger partial charge in [0.05, 0.1) is 6.61 Å². The van der Waals surface area contributed by atoms with Gasteiger partial charge in [-0.3, -0.25) is 0 Å². The molecule has 0 aromatic heterocycles. The van der Waals surface area contributed by atoms with E-state index in [1.807, 2.05) is 12.1 Å². The van der Waals surface area contributed by atoms with Crippen molar-refractivity contribution < 1.29 is 4.74 Å². The van der Waals surface area contributed by atoms with Crippen LogP contribution in [0.1, 0.15) is 12.0 Å². The number of nitrogens with two attached hydrogens (primary N) is 1. The number of halogens is 1. The first-order valence-corrected chi connectivity index (χ1v) is 5.95. The van der Waals surface area contributed by atoms with Crippen molar-refractivity contribution in [2.75, 3.05) is 25.5 Å². The van der Waals surface area contributed by atoms with Crippen LogP contribution in [0.3, 0.4) is 0 Å². The third-order valence-electron chi connectivity index (χ3n) is 2.77. The molecule has 88 valence electrons. The van der Waals surface area contributed by atoms with E-state index in [2.05, 4.69) is 5.32 Å². The standard InChI is InChI=1S/C12H17ClN2O/c13-11-3-10(4-12(14)5-11)7-15-6-9-1-2-16-8-9/h3-5,9,15H,1-2,6-8,14H2. The quantitative estimate of drug-likeness (QED) is 0.792. The number of rotatable bonds is 4. The minimum Gasteiger partial charge on any atom is -0.399 e. The van der Waals surface area contributed by atoms with E-state index in [0.717, 1.165) is 38.3 Å². The highest BCUT2D eigenvalue weighted by Gasteiger charge is 2.14. The van der Waals surface area contributed by atoms with Crippen LogP contribution in [0.2, 0.25) is 5.02 Å². The Morgan fingerprint density at radius 1 is 1.44 bits per heavy atom. The second kappa shape index (κ2) is 5.53. The molecule has 1 atom stereocenters. The van der Waals surface area contributed by atoms with Crippen molar-refractivity contribution in [3.63, 3.8) is 0 Å². The Balaban J connectivity index is 1.80. The lowest BCUT2D eigenvalue weighted by Gasteiger charge is -2.10. The second-order valence-electron chi connectivity index (χ2n) is 4.25. The Morgan fingerprint density at radius 3 is 3.00 bits per heavy atom. The van der Waals surface area contributed by atoms with Crippen molar-refractivity contribution in [3.8, 4) is 0 Å². The van der Waals surface area contributed by atoms with Crippen molar-refractivity contribution in [2.24, 2.45) is 5.92 Å². The van der Waals surface area contributed by atoms with E-state index in [1.54, 1.807) is 6.07 Å². The third-order valence-corrected chi connectivity index (χ3v) is 2.98. The van der Waals surface area contributed by atoms with Crippen LogP contribution in [0.5, 0.6) is 0 Å². The lowest BCUT2D eigenvalue weighted by molar-refractivity contribution is 0.185. The number of nitrogens with one attached hydrogen (secondary N) is 1. The summed E-state index contributed by atoms with van der Waals surface area (Å²) in [7, 11) is 0. The number of benzene rings is 1. The predicted octanol–water partition coefficient (Wildman–Crippen LogP) is 2.05. The molecule has 1 aliphatic rings. The largest absolute Gasteiger partial charge is 0.399 e. The Kier molecular flexibility index (Phi) is 4.04. The van der Waals surface area contributed by atoms with Crippen molar-refractivity contribution in [1.82, 2.24) is 5.32 Å². The molecule has 1 aromatic rings. The maximum atomic E-state index is 5.93. The summed E-state index contributed by atoms with van der Waals surface area (Å²) in [6.45, 7) is 3.58. The minimum atomic E-state index is 0.650. The molecule has 3 nitrogen and oxygen atoms in total. The molecule has 0 spiro atoms. The zero-order valence-electron chi connectivity index (χ0n) is 9.21. The van der Waals surface area contributed by atoms with Crippen molar-refractivity contribution in [1.29, 1.82) is 0 Å². The Hall–Kier alpha value is -0.770. The van der Waals surface area contributed by atoms with Crippen LogP contribution in [0, 0.1) is 5.92 Å². The molecule has 16 heavy (non-hydrogen) atoms. The van der Waals surface area contributed by atoms with Crippen molar-refractivity contribution in [3.05, 3.63) is 28.8 Å². The first-order valence-electron chi connectivity index (χ1n) is 5.57. The molecule has 2 rings (SSSR count). The summed E-state index contributed by atoms with van der Waals surface area (Å²) in [6.07, 6.45) is 1.16. The van der Waals surface area contributed by atoms with Gasteiger partial charge < -0.3 is 15.8 Å². The number of nitrogen functional groups attached to an aromatic ring is 1. The molecule has 3 N–H and O–H groups in total. The molecule has 0 aliphatic carbocycles. The number of anilines is 1. The fourth-order valence-corrected chi connectivity index (χ4v) is 2.21. The maximum absolute atomic E-state index is 5.93. The maximum Gasteiger partial charge on any atom is 0.0507 e. The molecular formula is C12H17ClN2O. The van der Waals surface area contributed by atoms with Gasteiger partial charge in [0.25, 0.3) is 0 Å². The van der Waals surface area contributed by atoms with Gasteiger partial charge in [0.2, 0.25) is 0 Å². The van der Waals surface area contributed by atoms with E-state index in [1.165, 1.54) is 0 Å². The zero-order valence-corrected chi connectivity index (χ0v) is 9.96. The minimum absolute atomic E-state index is 0.650. The van der Waals surface area contributed by atoms with E-state index in [0.29, 0.717) is 16.6 Å². The summed E-state index contributed by atoms with van der Waals surface area (Å²) >= 11 is 5.93. The van der Waals surface area contributed by atoms with Gasteiger partial charge in [-0.25, -0.2) is 0 Å². The van der Waals surface area contributed by atoms with Gasteiger partial charge in [-0.1, -0.05) is 11.6 Å². The van der Waals surface area contributed by atoms with Gasteiger partial charge in [-0.15, -0.1) is 0 Å². The molecule has 1 saturated heterocycles. The highest BCUT2D eigenvalue weighted by atomic mass is 35.5. The third kappa shape index (κ3) is 3.37. The molecule has 0 saturated carbocycles. The van der Waals surface area contributed by atoms with E-state index in [9.17, 15) is 0 Å². The molecule has 1 heterocycles. The van der Waals surface area contributed by atoms with Gasteiger partial charge in [0.1, 0.15) is 0 Å². The topological polar surface area (TPSA) is 47.3 Å². The average molecular weight is 241 g/mol. The highest BCUT2D eigenvalue weighted by molar-refractivity contribution is 6.30. The molecule has 1 aromatic carbocycles. The SMILES string of the molecule is Nc1cc(Cl)cc(CNCC2CCOC2)c1. The highest BCUT2D eigenvalue weighted by Crippen LogP contribution is 2.17. The molecule has 0 bridgehead atoms. The smallest absolute Gasteiger partial charge is 0.0507 e. The number of hydrogen-bond acceptors (Lipinski definition) is 3. The van der Waals surface area contributed by atoms with Crippen LogP contribution in [0.25, 0.3) is 0 Å². The van der Waals surface area contributed by atoms with Crippen LogP contribution in [0.4, 0.5) is 5.69 Å². The van der Waals surface area contributed by atoms with Gasteiger partial charge in [0.15, 0.2) is 0 Å². The summed E-state index contributed by atoms with van der Waals surface area (Å²) in [6, 6.07) is 5.65. The van der Waals surface area contributed by atoms with Crippen molar-refractivity contribution >= 4 is 17.3 Å². The summed E-state index contributed by atoms with van der Waals surface area (Å²) < 4.78 is 5.32. The number of hydrogen-bond donors (Lipinski definition) is 2. The fraction of sp³-hybridized carbons (Fsp3) is 0.500. The summed E-state index contributed by atoms with van der Waals surface area (Å²) in [5.74, 6) is 0.650. The molecular weight excluding hydrogens is 224 g/mol. The molecule has 0 amide bonds. The first kappa shape index (κ1) is 11.7. The van der Waals surface area contributed by atoms with Crippen molar-refractivity contribution in [2.45, 2.75) is 13.0 Å². The van der Waals surface area contributed by atoms with Gasteiger partial charge in [-0.2, -0.15) is 0 Å². The van der Waals surface area contributed by atoms with Crippen LogP contribution in [-0.2, 0) is 11.3 Å².